The summed E-state index contributed by atoms with van der Waals surface area (Å²) < 4.78 is 0. The molecule has 2 N–H and O–H groups in total. The van der Waals surface area contributed by atoms with Crippen LogP contribution >= 0.6 is 0 Å². The first kappa shape index (κ1) is 12.2. The Hall–Kier alpha value is -1.83. The van der Waals surface area contributed by atoms with Crippen molar-refractivity contribution in [3.05, 3.63) is 35.4 Å². The highest BCUT2D eigenvalue weighted by Crippen LogP contribution is 2.06. The van der Waals surface area contributed by atoms with Crippen LogP contribution in [0, 0.1) is 12.3 Å². The van der Waals surface area contributed by atoms with Crippen molar-refractivity contribution in [1.29, 1.82) is 0 Å². The molecule has 0 radical (unpaired) electrons. The topological polar surface area (TPSA) is 52.6 Å². The number of carbonyl (C=O) groups excluding carboxylic acids is 1. The lowest BCUT2D eigenvalue weighted by Crippen LogP contribution is -2.19. The number of terminal acetylenes is 1. The van der Waals surface area contributed by atoms with E-state index in [0.717, 1.165) is 12.1 Å². The fourth-order valence-electron chi connectivity index (χ4n) is 1.35. The van der Waals surface area contributed by atoms with Gasteiger partial charge in [-0.2, -0.15) is 0 Å². The first-order valence-corrected chi connectivity index (χ1v) is 4.82. The number of rotatable bonds is 4. The Labute approximate surface area is 94.8 Å². The smallest absolute Gasteiger partial charge is 0.274 e. The number of amides is 1. The second-order valence-corrected chi connectivity index (χ2v) is 3.51. The third-order valence-corrected chi connectivity index (χ3v) is 2.13. The molecule has 0 aliphatic heterocycles. The zero-order chi connectivity index (χ0) is 12.0. The highest BCUT2D eigenvalue weighted by Gasteiger charge is 2.04. The third kappa shape index (κ3) is 3.39. The van der Waals surface area contributed by atoms with E-state index in [4.69, 9.17) is 11.6 Å². The van der Waals surface area contributed by atoms with Crippen LogP contribution in [0.3, 0.4) is 0 Å². The quantitative estimate of drug-likeness (QED) is 0.448. The fourth-order valence-corrected chi connectivity index (χ4v) is 1.35. The van der Waals surface area contributed by atoms with Gasteiger partial charge >= 0.3 is 0 Å². The summed E-state index contributed by atoms with van der Waals surface area (Å²) in [7, 11) is 1.92. The van der Waals surface area contributed by atoms with E-state index < -0.39 is 5.91 Å². The van der Waals surface area contributed by atoms with E-state index in [2.05, 4.69) is 5.92 Å². The predicted molar refractivity (Wildman–Crippen MR) is 60.9 cm³/mol. The molecule has 4 nitrogen and oxygen atoms in total. The fraction of sp³-hybridized carbons (Fsp3) is 0.250. The number of hydroxylamine groups is 1. The summed E-state index contributed by atoms with van der Waals surface area (Å²) in [5, 5.41) is 8.44. The normalized spacial score (nSPS) is 9.88. The summed E-state index contributed by atoms with van der Waals surface area (Å²) in [6.07, 6.45) is 5.19. The summed E-state index contributed by atoms with van der Waals surface area (Å²) in [4.78, 5) is 13.0. The molecular formula is C12H14N2O2. The van der Waals surface area contributed by atoms with Gasteiger partial charge in [-0.05, 0) is 24.7 Å². The summed E-state index contributed by atoms with van der Waals surface area (Å²) >= 11 is 0. The van der Waals surface area contributed by atoms with Crippen molar-refractivity contribution in [2.24, 2.45) is 0 Å². The minimum absolute atomic E-state index is 0.422. The predicted octanol–water partition coefficient (Wildman–Crippen LogP) is 0.871. The lowest BCUT2D eigenvalue weighted by Gasteiger charge is -2.13. The second kappa shape index (κ2) is 5.91. The van der Waals surface area contributed by atoms with Crippen molar-refractivity contribution in [1.82, 2.24) is 10.4 Å². The molecule has 0 bridgehead atoms. The Kier molecular flexibility index (Phi) is 4.52. The molecular weight excluding hydrogens is 204 g/mol. The van der Waals surface area contributed by atoms with E-state index >= 15 is 0 Å². The average molecular weight is 218 g/mol. The van der Waals surface area contributed by atoms with E-state index in [1.54, 1.807) is 17.6 Å². The van der Waals surface area contributed by atoms with Crippen LogP contribution in [-0.2, 0) is 6.54 Å². The van der Waals surface area contributed by atoms with Crippen LogP contribution in [-0.4, -0.2) is 29.6 Å². The third-order valence-electron chi connectivity index (χ3n) is 2.13. The van der Waals surface area contributed by atoms with Crippen molar-refractivity contribution in [2.45, 2.75) is 6.54 Å². The molecule has 0 aliphatic rings. The number of hydrogen-bond donors (Lipinski definition) is 2. The Morgan fingerprint density at radius 1 is 1.50 bits per heavy atom. The molecule has 0 saturated heterocycles. The van der Waals surface area contributed by atoms with E-state index in [-0.39, 0.29) is 0 Å². The first-order chi connectivity index (χ1) is 7.67. The van der Waals surface area contributed by atoms with Crippen molar-refractivity contribution in [2.75, 3.05) is 13.6 Å². The second-order valence-electron chi connectivity index (χ2n) is 3.51. The first-order valence-electron chi connectivity index (χ1n) is 4.82. The van der Waals surface area contributed by atoms with Crippen LogP contribution in [0.1, 0.15) is 15.9 Å². The summed E-state index contributed by atoms with van der Waals surface area (Å²) in [6, 6.07) is 6.98. The number of nitrogens with one attached hydrogen (secondary N) is 1. The molecule has 1 amide bonds. The Bertz CT molecular complexity index is 392. The van der Waals surface area contributed by atoms with E-state index in [1.807, 2.05) is 24.1 Å². The Balaban J connectivity index is 2.65. The molecule has 0 unspecified atom stereocenters. The largest absolute Gasteiger partial charge is 0.291 e. The van der Waals surface area contributed by atoms with Gasteiger partial charge in [0.2, 0.25) is 0 Å². The van der Waals surface area contributed by atoms with Crippen molar-refractivity contribution in [3.63, 3.8) is 0 Å². The Morgan fingerprint density at radius 3 is 2.62 bits per heavy atom. The molecule has 0 saturated carbocycles. The molecule has 0 heterocycles. The zero-order valence-corrected chi connectivity index (χ0v) is 9.10. The van der Waals surface area contributed by atoms with Crippen LogP contribution < -0.4 is 5.48 Å². The van der Waals surface area contributed by atoms with E-state index in [1.165, 1.54) is 0 Å². The molecule has 1 rings (SSSR count). The number of carbonyl (C=O) groups is 1. The molecule has 0 atom stereocenters. The van der Waals surface area contributed by atoms with Gasteiger partial charge in [0, 0.05) is 12.1 Å². The van der Waals surface area contributed by atoms with Crippen LogP contribution in [0.25, 0.3) is 0 Å². The zero-order valence-electron chi connectivity index (χ0n) is 9.10. The maximum absolute atomic E-state index is 11.1. The maximum atomic E-state index is 11.1. The number of benzene rings is 1. The van der Waals surface area contributed by atoms with Crippen LogP contribution in [0.5, 0.6) is 0 Å². The Morgan fingerprint density at radius 2 is 2.12 bits per heavy atom. The summed E-state index contributed by atoms with van der Waals surface area (Å²) in [6.45, 7) is 1.31. The monoisotopic (exact) mass is 218 g/mol. The standard InChI is InChI=1S/C12H14N2O2/c1-3-8-14(2)9-10-4-6-11(7-5-10)12(15)13-16/h1,4-7,16H,8-9H2,2H3,(H,13,15). The van der Waals surface area contributed by atoms with Crippen LogP contribution in [0.2, 0.25) is 0 Å². The van der Waals surface area contributed by atoms with Gasteiger partial charge in [0.05, 0.1) is 6.54 Å². The highest BCUT2D eigenvalue weighted by atomic mass is 16.5. The molecule has 1 aromatic carbocycles. The van der Waals surface area contributed by atoms with Gasteiger partial charge in [0.15, 0.2) is 0 Å². The number of nitrogens with zero attached hydrogens (tertiary/aromatic N) is 1. The minimum Gasteiger partial charge on any atom is -0.291 e. The minimum atomic E-state index is -0.511. The summed E-state index contributed by atoms with van der Waals surface area (Å²) in [5.74, 6) is 2.04. The van der Waals surface area contributed by atoms with Crippen LogP contribution in [0.4, 0.5) is 0 Å². The number of hydrogen-bond acceptors (Lipinski definition) is 3. The highest BCUT2D eigenvalue weighted by molar-refractivity contribution is 5.93. The van der Waals surface area contributed by atoms with Gasteiger partial charge in [0.25, 0.3) is 5.91 Å². The van der Waals surface area contributed by atoms with Gasteiger partial charge in [-0.3, -0.25) is 14.9 Å². The lowest BCUT2D eigenvalue weighted by atomic mass is 10.1. The van der Waals surface area contributed by atoms with Gasteiger partial charge in [-0.15, -0.1) is 6.42 Å². The van der Waals surface area contributed by atoms with Gasteiger partial charge in [0.1, 0.15) is 0 Å². The van der Waals surface area contributed by atoms with E-state index in [9.17, 15) is 4.79 Å². The molecule has 4 heteroatoms. The van der Waals surface area contributed by atoms with Gasteiger partial charge in [-0.25, -0.2) is 5.48 Å². The molecule has 0 fully saturated rings. The molecule has 0 aliphatic carbocycles. The molecule has 0 spiro atoms. The molecule has 84 valence electrons. The lowest BCUT2D eigenvalue weighted by molar-refractivity contribution is 0.0706. The van der Waals surface area contributed by atoms with Crippen molar-refractivity contribution < 1.29 is 10.0 Å². The SMILES string of the molecule is C#CCN(C)Cc1ccc(C(=O)NO)cc1. The molecule has 0 aromatic heterocycles. The van der Waals surface area contributed by atoms with Crippen molar-refractivity contribution >= 4 is 5.91 Å². The summed E-state index contributed by atoms with van der Waals surface area (Å²) in [5.41, 5.74) is 3.07. The molecule has 16 heavy (non-hydrogen) atoms. The van der Waals surface area contributed by atoms with E-state index in [0.29, 0.717) is 12.1 Å². The van der Waals surface area contributed by atoms with Crippen molar-refractivity contribution in [3.8, 4) is 12.3 Å². The van der Waals surface area contributed by atoms with Crippen LogP contribution in [0.15, 0.2) is 24.3 Å². The maximum Gasteiger partial charge on any atom is 0.274 e. The average Bonchev–Trinajstić information content (AvgIpc) is 2.29. The van der Waals surface area contributed by atoms with Gasteiger partial charge < -0.3 is 0 Å². The molecule has 1 aromatic rings. The van der Waals surface area contributed by atoms with Gasteiger partial charge in [-0.1, -0.05) is 18.1 Å².